The molecule has 3 heterocycles. The number of esters is 1. The zero-order chi connectivity index (χ0) is 47.3. The number of fused-ring (bicyclic) bond motifs is 3. The minimum atomic E-state index is -2.42. The van der Waals surface area contributed by atoms with Crippen molar-refractivity contribution >= 4 is 29.2 Å². The van der Waals surface area contributed by atoms with Gasteiger partial charge in [-0.3, -0.25) is 19.2 Å². The minimum Gasteiger partial charge on any atom is -0.460 e. The van der Waals surface area contributed by atoms with E-state index in [2.05, 4.69) is 0 Å². The molecular formula is C50H77NO13. The molecule has 14 nitrogen and oxygen atoms in total. The molecule has 0 radical (unpaired) electrons. The highest BCUT2D eigenvalue weighted by atomic mass is 16.6. The van der Waals surface area contributed by atoms with Gasteiger partial charge in [0.05, 0.1) is 24.4 Å². The van der Waals surface area contributed by atoms with Crippen molar-refractivity contribution in [1.29, 1.82) is 0 Å². The number of piperidine rings is 1. The van der Waals surface area contributed by atoms with Gasteiger partial charge in [0.1, 0.15) is 30.1 Å². The van der Waals surface area contributed by atoms with E-state index in [1.54, 1.807) is 41.1 Å². The highest BCUT2D eigenvalue weighted by molar-refractivity contribution is 6.39. The number of rotatable bonds is 6. The third kappa shape index (κ3) is 14.1. The van der Waals surface area contributed by atoms with Gasteiger partial charge in [-0.25, -0.2) is 4.79 Å². The Bertz CT molecular complexity index is 1720. The van der Waals surface area contributed by atoms with Crippen LogP contribution >= 0.6 is 0 Å². The standard InChI is InChI=1S/C50H77NO13/c1-30-15-11-10-12-16-31(2)42(60-7)29-38-21-18-35(6)50(59,64-38)47(56)48(57)51-24-14-13-17-39(51)49(58)63-37(22-19-36-20-23-40(52)43(27-36)61-8)28-41(53)32(3)26-34(5)45(55)46(62-9)44(54)33(4)25-30/h10-12,15-16,26,30,32-33,35-40,42-43,45-46,52,55,59H,13-14,17-25,27-29H2,1-9H3/b12-10?,15-11+,31-16?,34-26+/t30-,32-,33+,35-,36-,37-,38+,39+,40-,42-,43-,45-,46+,50-/m1/s1. The maximum absolute atomic E-state index is 14.2. The number of aliphatic hydroxyl groups excluding tert-OH is 2. The molecule has 14 heteroatoms. The predicted molar refractivity (Wildman–Crippen MR) is 241 cm³/mol. The third-order valence-electron chi connectivity index (χ3n) is 14.1. The van der Waals surface area contributed by atoms with Gasteiger partial charge in [0.2, 0.25) is 5.79 Å². The third-order valence-corrected chi connectivity index (χ3v) is 14.1. The number of methoxy groups -OCH3 is 3. The molecule has 1 aliphatic carbocycles. The van der Waals surface area contributed by atoms with Crippen molar-refractivity contribution in [2.45, 2.75) is 180 Å². The molecule has 0 spiro atoms. The Morgan fingerprint density at radius 2 is 1.55 bits per heavy atom. The summed E-state index contributed by atoms with van der Waals surface area (Å²) in [5.41, 5.74) is 1.27. The van der Waals surface area contributed by atoms with Crippen LogP contribution in [0, 0.1) is 29.6 Å². The van der Waals surface area contributed by atoms with Gasteiger partial charge in [0.25, 0.3) is 11.7 Å². The van der Waals surface area contributed by atoms with Crippen LogP contribution in [0.2, 0.25) is 0 Å². The molecular weight excluding hydrogens is 823 g/mol. The Labute approximate surface area is 380 Å². The van der Waals surface area contributed by atoms with E-state index in [-0.39, 0.29) is 48.9 Å². The summed E-state index contributed by atoms with van der Waals surface area (Å²) in [7, 11) is 4.51. The molecule has 64 heavy (non-hydrogen) atoms. The zero-order valence-corrected chi connectivity index (χ0v) is 39.7. The van der Waals surface area contributed by atoms with E-state index < -0.39 is 83.9 Å². The number of ether oxygens (including phenoxy) is 5. The first-order valence-corrected chi connectivity index (χ1v) is 23.5. The largest absolute Gasteiger partial charge is 0.460 e. The quantitative estimate of drug-likeness (QED) is 0.161. The van der Waals surface area contributed by atoms with E-state index >= 15 is 0 Å². The van der Waals surface area contributed by atoms with E-state index in [4.69, 9.17) is 23.7 Å². The molecule has 14 atom stereocenters. The molecule has 3 fully saturated rings. The normalized spacial score (nSPS) is 39.0. The summed E-state index contributed by atoms with van der Waals surface area (Å²) in [6.07, 6.45) is 11.6. The van der Waals surface area contributed by atoms with E-state index in [0.29, 0.717) is 69.8 Å². The van der Waals surface area contributed by atoms with Crippen LogP contribution in [0.5, 0.6) is 0 Å². The highest BCUT2D eigenvalue weighted by Gasteiger charge is 2.53. The molecule has 1 amide bonds. The average molecular weight is 900 g/mol. The van der Waals surface area contributed by atoms with Crippen LogP contribution < -0.4 is 0 Å². The van der Waals surface area contributed by atoms with E-state index in [1.165, 1.54) is 12.0 Å². The fraction of sp³-hybridized carbons (Fsp3) is 0.740. The van der Waals surface area contributed by atoms with Gasteiger partial charge in [-0.05, 0) is 107 Å². The number of amides is 1. The van der Waals surface area contributed by atoms with Gasteiger partial charge >= 0.3 is 5.97 Å². The number of cyclic esters (lactones) is 1. The van der Waals surface area contributed by atoms with Gasteiger partial charge in [0, 0.05) is 58.5 Å². The lowest BCUT2D eigenvalue weighted by Gasteiger charge is -2.42. The van der Waals surface area contributed by atoms with Crippen molar-refractivity contribution in [3.05, 3.63) is 47.6 Å². The Hall–Kier alpha value is -3.37. The molecule has 360 valence electrons. The smallest absolute Gasteiger partial charge is 0.329 e. The first-order chi connectivity index (χ1) is 30.3. The van der Waals surface area contributed by atoms with Crippen LogP contribution in [0.25, 0.3) is 0 Å². The molecule has 2 saturated heterocycles. The van der Waals surface area contributed by atoms with Gasteiger partial charge < -0.3 is 43.9 Å². The Kier molecular flexibility index (Phi) is 20.8. The second-order valence-electron chi connectivity index (χ2n) is 19.0. The van der Waals surface area contributed by atoms with Crippen molar-refractivity contribution < 1.29 is 63.0 Å². The summed E-state index contributed by atoms with van der Waals surface area (Å²) in [4.78, 5) is 71.3. The molecule has 3 aliphatic heterocycles. The lowest BCUT2D eigenvalue weighted by atomic mass is 9.81. The van der Waals surface area contributed by atoms with Crippen molar-refractivity contribution in [3.63, 3.8) is 0 Å². The molecule has 3 N–H and O–H groups in total. The molecule has 0 aromatic carbocycles. The Morgan fingerprint density at radius 3 is 2.23 bits per heavy atom. The van der Waals surface area contributed by atoms with Crippen LogP contribution in [0.15, 0.2) is 47.6 Å². The number of carbonyl (C=O) groups is 5. The van der Waals surface area contributed by atoms with Gasteiger partial charge in [-0.2, -0.15) is 0 Å². The molecule has 0 unspecified atom stereocenters. The molecule has 2 bridgehead atoms. The summed E-state index contributed by atoms with van der Waals surface area (Å²) in [6.45, 7) is 10.8. The summed E-state index contributed by atoms with van der Waals surface area (Å²) in [6, 6.07) is -1.13. The number of aliphatic hydroxyl groups is 3. The lowest BCUT2D eigenvalue weighted by Crippen LogP contribution is -2.60. The highest BCUT2D eigenvalue weighted by Crippen LogP contribution is 2.37. The number of Topliss-reactive ketones (excluding diaryl/α,β-unsaturated/α-hetero) is 3. The number of nitrogens with zero attached hydrogens (tertiary/aromatic N) is 1. The van der Waals surface area contributed by atoms with Crippen LogP contribution in [0.3, 0.4) is 0 Å². The summed E-state index contributed by atoms with van der Waals surface area (Å²) in [5, 5.41) is 33.7. The average Bonchev–Trinajstić information content (AvgIpc) is 3.27. The fourth-order valence-electron chi connectivity index (χ4n) is 9.79. The first-order valence-electron chi connectivity index (χ1n) is 23.5. The van der Waals surface area contributed by atoms with Gasteiger partial charge in [-0.1, -0.05) is 64.2 Å². The van der Waals surface area contributed by atoms with Crippen molar-refractivity contribution in [2.75, 3.05) is 27.9 Å². The molecule has 4 aliphatic rings. The lowest BCUT2D eigenvalue weighted by molar-refractivity contribution is -0.265. The number of hydrogen-bond donors (Lipinski definition) is 3. The number of carbonyl (C=O) groups excluding carboxylic acids is 5. The van der Waals surface area contributed by atoms with Crippen molar-refractivity contribution in [1.82, 2.24) is 4.90 Å². The van der Waals surface area contributed by atoms with Crippen LogP contribution in [-0.2, 0) is 47.7 Å². The monoisotopic (exact) mass is 900 g/mol. The first kappa shape index (κ1) is 53.2. The van der Waals surface area contributed by atoms with Gasteiger partial charge in [-0.15, -0.1) is 0 Å². The molecule has 1 saturated carbocycles. The van der Waals surface area contributed by atoms with Crippen LogP contribution in [0.4, 0.5) is 0 Å². The zero-order valence-electron chi connectivity index (χ0n) is 39.7. The van der Waals surface area contributed by atoms with E-state index in [9.17, 15) is 39.3 Å². The fourth-order valence-corrected chi connectivity index (χ4v) is 9.79. The molecule has 0 aromatic rings. The number of ketones is 3. The maximum Gasteiger partial charge on any atom is 0.329 e. The predicted octanol–water partition coefficient (Wildman–Crippen LogP) is 5.93. The molecule has 4 rings (SSSR count). The number of hydrogen-bond acceptors (Lipinski definition) is 13. The minimum absolute atomic E-state index is 0.0217. The van der Waals surface area contributed by atoms with Crippen LogP contribution in [-0.4, -0.2) is 132 Å². The Morgan fingerprint density at radius 1 is 0.812 bits per heavy atom. The maximum atomic E-state index is 14.2. The van der Waals surface area contributed by atoms with Crippen molar-refractivity contribution in [2.24, 2.45) is 29.6 Å². The topological polar surface area (TPSA) is 195 Å². The van der Waals surface area contributed by atoms with E-state index in [0.717, 1.165) is 12.0 Å². The summed E-state index contributed by atoms with van der Waals surface area (Å²) >= 11 is 0. The van der Waals surface area contributed by atoms with Crippen molar-refractivity contribution in [3.8, 4) is 0 Å². The molecule has 0 aromatic heterocycles. The summed E-state index contributed by atoms with van der Waals surface area (Å²) < 4.78 is 29.2. The van der Waals surface area contributed by atoms with Gasteiger partial charge in [0.15, 0.2) is 5.78 Å². The number of allylic oxidation sites excluding steroid dienone is 6. The van der Waals surface area contributed by atoms with Crippen LogP contribution in [0.1, 0.15) is 125 Å². The second-order valence-corrected chi connectivity index (χ2v) is 19.0. The second kappa shape index (κ2) is 25.0. The van der Waals surface area contributed by atoms with E-state index in [1.807, 2.05) is 51.2 Å². The Balaban J connectivity index is 1.67. The summed E-state index contributed by atoms with van der Waals surface area (Å²) in [5.74, 6) is -7.56. The SMILES string of the molecule is CO[C@@H]1C[C@@H]2CC[C@@H](C)[C@@](O)(O2)C(=O)C(=O)N2CCCC[C@H]2C(=O)O[C@H](CC[C@@H]2CC[C@@H](O)[C@H](OC)C2)CC(=O)[C@H](C)/C=C(\C)[C@@H](O)[C@@H](OC)C(=O)[C@@H](C)C[C@H](C)/C=C/C=CC=C1C.